The third-order valence-electron chi connectivity index (χ3n) is 4.84. The van der Waals surface area contributed by atoms with Crippen molar-refractivity contribution in [1.82, 2.24) is 0 Å². The van der Waals surface area contributed by atoms with E-state index in [0.717, 1.165) is 47.6 Å². The van der Waals surface area contributed by atoms with E-state index in [1.165, 1.54) is 0 Å². The summed E-state index contributed by atoms with van der Waals surface area (Å²) in [5, 5.41) is 0.162. The molecule has 3 nitrogen and oxygen atoms in total. The molecule has 1 aliphatic carbocycles. The lowest BCUT2D eigenvalue weighted by Gasteiger charge is -2.33. The average Bonchev–Trinajstić information content (AvgIpc) is 3.03. The fourth-order valence-corrected chi connectivity index (χ4v) is 5.74. The maximum atomic E-state index is 12.6. The summed E-state index contributed by atoms with van der Waals surface area (Å²) in [5.41, 5.74) is 3.86. The second kappa shape index (κ2) is 6.83. The highest BCUT2D eigenvalue weighted by Crippen LogP contribution is 2.48. The quantitative estimate of drug-likeness (QED) is 0.673. The van der Waals surface area contributed by atoms with Crippen LogP contribution in [0.1, 0.15) is 37.2 Å². The van der Waals surface area contributed by atoms with E-state index in [0.29, 0.717) is 10.9 Å². The third-order valence-corrected chi connectivity index (χ3v) is 6.80. The molecule has 4 rings (SSSR count). The monoisotopic (exact) mass is 427 g/mol. The van der Waals surface area contributed by atoms with Gasteiger partial charge in [0.15, 0.2) is 5.78 Å². The van der Waals surface area contributed by atoms with Crippen LogP contribution in [0.15, 0.2) is 38.9 Å². The first-order chi connectivity index (χ1) is 12.0. The molecule has 0 N–H and O–H groups in total. The van der Waals surface area contributed by atoms with E-state index in [4.69, 9.17) is 4.99 Å². The molecule has 2 heterocycles. The number of carbonyl (C=O) groups excluding carboxylic acids is 1. The number of hydrogen-bond donors (Lipinski definition) is 0. The van der Waals surface area contributed by atoms with Crippen molar-refractivity contribution in [1.29, 1.82) is 0 Å². The molecule has 2 atom stereocenters. The normalized spacial score (nSPS) is 25.8. The Bertz CT molecular complexity index is 793. The Morgan fingerprint density at radius 3 is 2.88 bits per heavy atom. The maximum Gasteiger partial charge on any atom is 0.387 e. The number of benzene rings is 1. The zero-order valence-electron chi connectivity index (χ0n) is 13.3. The Morgan fingerprint density at radius 2 is 2.12 bits per heavy atom. The number of fused-ring (bicyclic) bond motifs is 1. The summed E-state index contributed by atoms with van der Waals surface area (Å²) in [6.07, 6.45) is 3.20. The van der Waals surface area contributed by atoms with Gasteiger partial charge in [0, 0.05) is 29.3 Å². The van der Waals surface area contributed by atoms with Gasteiger partial charge in [-0.25, -0.2) is 0 Å². The van der Waals surface area contributed by atoms with Crippen LogP contribution < -0.4 is 4.74 Å². The average molecular weight is 428 g/mol. The Labute approximate surface area is 157 Å². The lowest BCUT2D eigenvalue weighted by atomic mass is 9.77. The number of thioether (sulfide) groups is 1. The summed E-state index contributed by atoms with van der Waals surface area (Å²) >= 11 is 5.15. The number of nitrogens with zero attached hydrogens (tertiary/aromatic N) is 1. The van der Waals surface area contributed by atoms with Crippen LogP contribution >= 0.6 is 27.7 Å². The summed E-state index contributed by atoms with van der Waals surface area (Å²) in [6.45, 7) is -2.87. The molecule has 0 amide bonds. The van der Waals surface area contributed by atoms with Crippen molar-refractivity contribution in [3.8, 4) is 5.75 Å². The minimum absolute atomic E-state index is 0.0558. The minimum Gasteiger partial charge on any atom is -0.434 e. The van der Waals surface area contributed by atoms with E-state index in [2.05, 4.69) is 20.7 Å². The van der Waals surface area contributed by atoms with Crippen molar-refractivity contribution in [2.45, 2.75) is 43.5 Å². The van der Waals surface area contributed by atoms with Crippen LogP contribution in [0.5, 0.6) is 5.75 Å². The van der Waals surface area contributed by atoms with E-state index >= 15 is 0 Å². The molecule has 2 aliphatic heterocycles. The number of ketones is 1. The standard InChI is InChI=1S/C18H16BrF2NO2S/c19-10-8-9(4-5-14(10)24-18(20)21)15-16-11(2-1-3-13(16)23)22-12-6-7-25-17(12)15/h4-5,8,15,17-18H,1-3,6-7H2. The highest BCUT2D eigenvalue weighted by molar-refractivity contribution is 9.10. The Balaban J connectivity index is 1.77. The van der Waals surface area contributed by atoms with Crippen LogP contribution in [0.4, 0.5) is 8.78 Å². The first-order valence-corrected chi connectivity index (χ1v) is 10.1. The molecule has 1 saturated heterocycles. The Morgan fingerprint density at radius 1 is 1.28 bits per heavy atom. The number of halogens is 3. The van der Waals surface area contributed by atoms with E-state index in [1.807, 2.05) is 11.8 Å². The van der Waals surface area contributed by atoms with E-state index < -0.39 is 6.61 Å². The number of allylic oxidation sites excluding steroid dienone is 2. The number of alkyl halides is 2. The number of Topliss-reactive ketones (excluding diaryl/α,β-unsaturated/α-hetero) is 1. The van der Waals surface area contributed by atoms with E-state index in [-0.39, 0.29) is 22.7 Å². The Hall–Kier alpha value is -1.21. The van der Waals surface area contributed by atoms with Crippen LogP contribution in [-0.2, 0) is 4.79 Å². The molecule has 0 spiro atoms. The molecule has 1 aromatic carbocycles. The zero-order valence-corrected chi connectivity index (χ0v) is 15.7. The van der Waals surface area contributed by atoms with Crippen molar-refractivity contribution >= 4 is 39.2 Å². The fraction of sp³-hybridized carbons (Fsp3) is 0.444. The third kappa shape index (κ3) is 3.16. The molecular weight excluding hydrogens is 412 g/mol. The van der Waals surface area contributed by atoms with Gasteiger partial charge < -0.3 is 4.74 Å². The minimum atomic E-state index is -2.87. The largest absolute Gasteiger partial charge is 0.434 e. The molecule has 1 fully saturated rings. The summed E-state index contributed by atoms with van der Waals surface area (Å²) in [6, 6.07) is 5.14. The van der Waals surface area contributed by atoms with Crippen LogP contribution in [0, 0.1) is 0 Å². The molecule has 2 unspecified atom stereocenters. The molecule has 0 aromatic heterocycles. The molecule has 0 saturated carbocycles. The van der Waals surface area contributed by atoms with Crippen LogP contribution in [-0.4, -0.2) is 29.1 Å². The predicted molar refractivity (Wildman–Crippen MR) is 97.7 cm³/mol. The highest BCUT2D eigenvalue weighted by Gasteiger charge is 2.42. The van der Waals surface area contributed by atoms with Crippen molar-refractivity contribution < 1.29 is 18.3 Å². The number of rotatable bonds is 3. The van der Waals surface area contributed by atoms with Crippen molar-refractivity contribution in [2.75, 3.05) is 5.75 Å². The van der Waals surface area contributed by atoms with Crippen LogP contribution in [0.3, 0.4) is 0 Å². The molecular formula is C18H16BrF2NO2S. The second-order valence-corrected chi connectivity index (χ2v) is 8.43. The molecule has 132 valence electrons. The SMILES string of the molecule is O=C1CCCC2=C1C(c1ccc(OC(F)F)c(Br)c1)C1SCCC1=N2. The molecule has 0 radical (unpaired) electrons. The Kier molecular flexibility index (Phi) is 4.71. The van der Waals surface area contributed by atoms with Crippen molar-refractivity contribution in [3.63, 3.8) is 0 Å². The molecule has 3 aliphatic rings. The van der Waals surface area contributed by atoms with Gasteiger partial charge in [0.2, 0.25) is 0 Å². The van der Waals surface area contributed by atoms with Gasteiger partial charge >= 0.3 is 6.61 Å². The van der Waals surface area contributed by atoms with Crippen molar-refractivity contribution in [2.24, 2.45) is 4.99 Å². The lowest BCUT2D eigenvalue weighted by Crippen LogP contribution is -2.32. The maximum absolute atomic E-state index is 12.6. The van der Waals surface area contributed by atoms with Gasteiger partial charge in [-0.3, -0.25) is 9.79 Å². The van der Waals surface area contributed by atoms with Gasteiger partial charge in [-0.15, -0.1) is 0 Å². The fourth-order valence-electron chi connectivity index (χ4n) is 3.82. The number of ether oxygens (including phenoxy) is 1. The van der Waals surface area contributed by atoms with Gasteiger partial charge in [-0.2, -0.15) is 20.5 Å². The molecule has 0 bridgehead atoms. The summed E-state index contributed by atoms with van der Waals surface area (Å²) in [7, 11) is 0. The lowest BCUT2D eigenvalue weighted by molar-refractivity contribution is -0.116. The van der Waals surface area contributed by atoms with Gasteiger partial charge in [-0.1, -0.05) is 6.07 Å². The topological polar surface area (TPSA) is 38.7 Å². The van der Waals surface area contributed by atoms with E-state index in [9.17, 15) is 13.6 Å². The molecule has 1 aromatic rings. The van der Waals surface area contributed by atoms with Gasteiger partial charge in [0.05, 0.1) is 9.72 Å². The predicted octanol–water partition coefficient (Wildman–Crippen LogP) is 5.10. The number of hydrogen-bond acceptors (Lipinski definition) is 4. The summed E-state index contributed by atoms with van der Waals surface area (Å²) in [5.74, 6) is 1.22. The van der Waals surface area contributed by atoms with Gasteiger partial charge in [-0.05, 0) is 58.6 Å². The number of aliphatic imine (C=N–C) groups is 1. The van der Waals surface area contributed by atoms with Crippen LogP contribution in [0.2, 0.25) is 0 Å². The summed E-state index contributed by atoms with van der Waals surface area (Å²) in [4.78, 5) is 17.4. The van der Waals surface area contributed by atoms with Crippen molar-refractivity contribution in [3.05, 3.63) is 39.5 Å². The number of carbonyl (C=O) groups is 1. The molecule has 25 heavy (non-hydrogen) atoms. The first-order valence-electron chi connectivity index (χ1n) is 8.24. The van der Waals surface area contributed by atoms with Gasteiger partial charge in [0.1, 0.15) is 5.75 Å². The summed E-state index contributed by atoms with van der Waals surface area (Å²) < 4.78 is 30.0. The smallest absolute Gasteiger partial charge is 0.387 e. The van der Waals surface area contributed by atoms with E-state index in [1.54, 1.807) is 18.2 Å². The van der Waals surface area contributed by atoms with Crippen LogP contribution in [0.25, 0.3) is 0 Å². The highest BCUT2D eigenvalue weighted by atomic mass is 79.9. The first kappa shape index (κ1) is 17.2. The van der Waals surface area contributed by atoms with Gasteiger partial charge in [0.25, 0.3) is 0 Å². The second-order valence-electron chi connectivity index (χ2n) is 6.33. The zero-order chi connectivity index (χ0) is 17.6. The molecule has 7 heteroatoms.